The van der Waals surface area contributed by atoms with Gasteiger partial charge in [-0.3, -0.25) is 0 Å². The van der Waals surface area contributed by atoms with Gasteiger partial charge in [-0.2, -0.15) is 10.1 Å². The summed E-state index contributed by atoms with van der Waals surface area (Å²) in [7, 11) is 3.24. The van der Waals surface area contributed by atoms with Crippen LogP contribution in [0.5, 0.6) is 17.2 Å². The first kappa shape index (κ1) is 16.9. The summed E-state index contributed by atoms with van der Waals surface area (Å²) in [6, 6.07) is 11.3. The highest BCUT2D eigenvalue weighted by atomic mass is 35.5. The molecule has 0 amide bonds. The third-order valence-corrected chi connectivity index (χ3v) is 5.26. The van der Waals surface area contributed by atoms with Crippen LogP contribution in [0.1, 0.15) is 17.2 Å². The van der Waals surface area contributed by atoms with E-state index in [4.69, 9.17) is 25.8 Å². The number of ether oxygens (including phenoxy) is 3. The molecule has 28 heavy (non-hydrogen) atoms. The topological polar surface area (TPSA) is 70.4 Å². The summed E-state index contributed by atoms with van der Waals surface area (Å²) >= 11 is 6.24. The zero-order chi connectivity index (χ0) is 19.3. The van der Waals surface area contributed by atoms with Crippen molar-refractivity contribution in [3.8, 4) is 17.2 Å². The van der Waals surface area contributed by atoms with Crippen molar-refractivity contribution in [1.82, 2.24) is 14.8 Å². The molecule has 3 heterocycles. The first-order valence-corrected chi connectivity index (χ1v) is 9.11. The maximum Gasteiger partial charge on any atom is 0.226 e. The highest BCUT2D eigenvalue weighted by Crippen LogP contribution is 2.45. The summed E-state index contributed by atoms with van der Waals surface area (Å²) in [5.41, 5.74) is 3.89. The highest BCUT2D eigenvalue weighted by molar-refractivity contribution is 6.30. The lowest BCUT2D eigenvalue weighted by Crippen LogP contribution is -2.30. The van der Waals surface area contributed by atoms with E-state index in [1.54, 1.807) is 14.2 Å². The second-order valence-electron chi connectivity index (χ2n) is 6.50. The number of anilines is 1. The maximum atomic E-state index is 6.24. The number of halogens is 1. The summed E-state index contributed by atoms with van der Waals surface area (Å²) in [5, 5.41) is 8.47. The number of fused-ring (bicyclic) bond motifs is 3. The van der Waals surface area contributed by atoms with Crippen LogP contribution in [-0.2, 0) is 0 Å². The Hall–Kier alpha value is -3.19. The Morgan fingerprint density at radius 1 is 1.14 bits per heavy atom. The molecule has 0 fully saturated rings. The quantitative estimate of drug-likeness (QED) is 0.726. The standard InChI is InChI=1S/C20H17ClN4O3/c1-26-16-5-3-11(7-17(16)27-2)19-14-9-28-15-6-4-12(21)8-13(15)18(14)24-20-22-10-23-25(19)20/h3-8,10,19H,9H2,1-2H3,(H,22,23,24)/t19-/m1/s1. The minimum Gasteiger partial charge on any atom is -0.493 e. The molecule has 2 aromatic carbocycles. The number of rotatable bonds is 3. The zero-order valence-corrected chi connectivity index (χ0v) is 16.0. The van der Waals surface area contributed by atoms with Crippen molar-refractivity contribution in [2.45, 2.75) is 6.04 Å². The monoisotopic (exact) mass is 396 g/mol. The third kappa shape index (κ3) is 2.51. The van der Waals surface area contributed by atoms with Gasteiger partial charge in [0.1, 0.15) is 24.7 Å². The van der Waals surface area contributed by atoms with E-state index in [0.717, 1.165) is 28.1 Å². The molecule has 0 bridgehead atoms. The van der Waals surface area contributed by atoms with Gasteiger partial charge < -0.3 is 19.5 Å². The fourth-order valence-corrected chi connectivity index (χ4v) is 3.91. The van der Waals surface area contributed by atoms with Crippen LogP contribution < -0.4 is 19.5 Å². The van der Waals surface area contributed by atoms with Gasteiger partial charge in [0.15, 0.2) is 11.5 Å². The third-order valence-electron chi connectivity index (χ3n) is 5.02. The Morgan fingerprint density at radius 2 is 2.00 bits per heavy atom. The molecule has 5 rings (SSSR count). The molecule has 0 aliphatic carbocycles. The van der Waals surface area contributed by atoms with Crippen molar-refractivity contribution in [2.75, 3.05) is 26.1 Å². The van der Waals surface area contributed by atoms with Crippen molar-refractivity contribution >= 4 is 23.2 Å². The number of aromatic nitrogens is 3. The zero-order valence-electron chi connectivity index (χ0n) is 15.3. The molecule has 1 N–H and O–H groups in total. The van der Waals surface area contributed by atoms with E-state index in [-0.39, 0.29) is 6.04 Å². The Kier molecular flexibility index (Phi) is 3.91. The van der Waals surface area contributed by atoms with Gasteiger partial charge in [-0.25, -0.2) is 4.68 Å². The summed E-state index contributed by atoms with van der Waals surface area (Å²) in [6.07, 6.45) is 1.54. The van der Waals surface area contributed by atoms with Gasteiger partial charge >= 0.3 is 0 Å². The van der Waals surface area contributed by atoms with E-state index in [1.165, 1.54) is 6.33 Å². The average Bonchev–Trinajstić information content (AvgIpc) is 3.19. The van der Waals surface area contributed by atoms with E-state index in [0.29, 0.717) is 29.1 Å². The number of methoxy groups -OCH3 is 2. The number of nitrogens with zero attached hydrogens (tertiary/aromatic N) is 3. The molecule has 2 aliphatic heterocycles. The maximum absolute atomic E-state index is 6.24. The molecule has 2 aliphatic rings. The average molecular weight is 397 g/mol. The molecule has 1 aromatic heterocycles. The van der Waals surface area contributed by atoms with Crippen molar-refractivity contribution in [3.05, 3.63) is 64.4 Å². The van der Waals surface area contributed by atoms with E-state index >= 15 is 0 Å². The predicted molar refractivity (Wildman–Crippen MR) is 105 cm³/mol. The summed E-state index contributed by atoms with van der Waals surface area (Å²) < 4.78 is 18.7. The first-order valence-electron chi connectivity index (χ1n) is 8.74. The lowest BCUT2D eigenvalue weighted by atomic mass is 9.91. The van der Waals surface area contributed by atoms with Gasteiger partial charge in [0.2, 0.25) is 5.95 Å². The Bertz CT molecular complexity index is 1110. The van der Waals surface area contributed by atoms with Gasteiger partial charge in [-0.15, -0.1) is 0 Å². The minimum atomic E-state index is -0.194. The van der Waals surface area contributed by atoms with Crippen molar-refractivity contribution in [3.63, 3.8) is 0 Å². The summed E-state index contributed by atoms with van der Waals surface area (Å²) in [5.74, 6) is 2.77. The smallest absolute Gasteiger partial charge is 0.226 e. The molecule has 1 atom stereocenters. The molecule has 0 unspecified atom stereocenters. The van der Waals surface area contributed by atoms with Crippen LogP contribution in [0.2, 0.25) is 5.02 Å². The first-order chi connectivity index (χ1) is 13.7. The Balaban J connectivity index is 1.71. The summed E-state index contributed by atoms with van der Waals surface area (Å²) in [6.45, 7) is 0.426. The van der Waals surface area contributed by atoms with Crippen LogP contribution in [0, 0.1) is 0 Å². The fourth-order valence-electron chi connectivity index (χ4n) is 3.74. The van der Waals surface area contributed by atoms with Crippen molar-refractivity contribution < 1.29 is 14.2 Å². The van der Waals surface area contributed by atoms with Gasteiger partial charge in [-0.1, -0.05) is 17.7 Å². The molecule has 142 valence electrons. The largest absolute Gasteiger partial charge is 0.493 e. The van der Waals surface area contributed by atoms with E-state index in [1.807, 2.05) is 41.1 Å². The highest BCUT2D eigenvalue weighted by Gasteiger charge is 2.35. The summed E-state index contributed by atoms with van der Waals surface area (Å²) in [4.78, 5) is 4.37. The Morgan fingerprint density at radius 3 is 2.82 bits per heavy atom. The van der Waals surface area contributed by atoms with Crippen LogP contribution in [0.3, 0.4) is 0 Å². The molecule has 3 aromatic rings. The number of hydrogen-bond donors (Lipinski definition) is 1. The van der Waals surface area contributed by atoms with Crippen LogP contribution in [0.4, 0.5) is 5.95 Å². The molecule has 0 saturated carbocycles. The normalized spacial score (nSPS) is 17.0. The second kappa shape index (κ2) is 6.45. The fraction of sp³-hybridized carbons (Fsp3) is 0.200. The lowest BCUT2D eigenvalue weighted by molar-refractivity contribution is 0.327. The molecule has 7 nitrogen and oxygen atoms in total. The van der Waals surface area contributed by atoms with Crippen molar-refractivity contribution in [1.29, 1.82) is 0 Å². The number of nitrogens with one attached hydrogen (secondary N) is 1. The van der Waals surface area contributed by atoms with Gasteiger partial charge in [0, 0.05) is 16.2 Å². The predicted octanol–water partition coefficient (Wildman–Crippen LogP) is 3.77. The molecule has 0 saturated heterocycles. The van der Waals surface area contributed by atoms with Crippen LogP contribution >= 0.6 is 11.6 Å². The number of hydrogen-bond acceptors (Lipinski definition) is 6. The van der Waals surface area contributed by atoms with Crippen LogP contribution in [0.15, 0.2) is 48.3 Å². The van der Waals surface area contributed by atoms with Gasteiger partial charge in [0.05, 0.1) is 19.9 Å². The van der Waals surface area contributed by atoms with Gasteiger partial charge in [-0.05, 0) is 35.9 Å². The number of benzene rings is 2. The molecular formula is C20H17ClN4O3. The lowest BCUT2D eigenvalue weighted by Gasteiger charge is -2.34. The SMILES string of the molecule is COc1ccc([C@@H]2C3=C(Nc4ncnn42)c2cc(Cl)ccc2OC3)cc1OC. The molecule has 0 radical (unpaired) electrons. The van der Waals surface area contributed by atoms with E-state index < -0.39 is 0 Å². The van der Waals surface area contributed by atoms with Crippen molar-refractivity contribution in [2.24, 2.45) is 0 Å². The molecular weight excluding hydrogens is 380 g/mol. The van der Waals surface area contributed by atoms with Crippen LogP contribution in [-0.4, -0.2) is 35.6 Å². The van der Waals surface area contributed by atoms with Gasteiger partial charge in [0.25, 0.3) is 0 Å². The molecule has 0 spiro atoms. The van der Waals surface area contributed by atoms with E-state index in [9.17, 15) is 0 Å². The molecule has 8 heteroatoms. The second-order valence-corrected chi connectivity index (χ2v) is 6.94. The van der Waals surface area contributed by atoms with Crippen LogP contribution in [0.25, 0.3) is 5.70 Å². The van der Waals surface area contributed by atoms with E-state index in [2.05, 4.69) is 15.4 Å². The minimum absolute atomic E-state index is 0.194. The Labute approximate surface area is 166 Å².